The number of carbonyl (C=O) groups excluding carboxylic acids is 1. The van der Waals surface area contributed by atoms with E-state index in [1.807, 2.05) is 24.1 Å². The predicted octanol–water partition coefficient (Wildman–Crippen LogP) is 4.78. The van der Waals surface area contributed by atoms with Crippen molar-refractivity contribution >= 4 is 34.8 Å². The summed E-state index contributed by atoms with van der Waals surface area (Å²) in [7, 11) is 1.87. The van der Waals surface area contributed by atoms with Crippen molar-refractivity contribution in [3.8, 4) is 0 Å². The fourth-order valence-electron chi connectivity index (χ4n) is 2.76. The Morgan fingerprint density at radius 2 is 1.96 bits per heavy atom. The third kappa shape index (κ3) is 4.12. The summed E-state index contributed by atoms with van der Waals surface area (Å²) in [5, 5.41) is 3.61. The molecule has 24 heavy (non-hydrogen) atoms. The normalized spacial score (nSPS) is 19.5. The van der Waals surface area contributed by atoms with E-state index in [1.165, 1.54) is 6.42 Å². The highest BCUT2D eigenvalue weighted by atomic mass is 35.5. The molecular formula is C18H20Cl2N2O2. The van der Waals surface area contributed by atoms with Crippen molar-refractivity contribution in [2.75, 3.05) is 18.9 Å². The summed E-state index contributed by atoms with van der Waals surface area (Å²) in [4.78, 5) is 14.1. The lowest BCUT2D eigenvalue weighted by atomic mass is 10.3. The van der Waals surface area contributed by atoms with Gasteiger partial charge in [0, 0.05) is 5.92 Å². The van der Waals surface area contributed by atoms with Crippen molar-refractivity contribution in [3.05, 3.63) is 51.9 Å². The molecule has 4 nitrogen and oxygen atoms in total. The zero-order chi connectivity index (χ0) is 17.3. The van der Waals surface area contributed by atoms with Gasteiger partial charge in [0.15, 0.2) is 0 Å². The number of hydrogen-bond donors (Lipinski definition) is 1. The number of halogens is 2. The van der Waals surface area contributed by atoms with Gasteiger partial charge in [0.25, 0.3) is 0 Å². The second-order valence-electron chi connectivity index (χ2n) is 6.44. The number of carbonyl (C=O) groups is 1. The van der Waals surface area contributed by atoms with E-state index in [9.17, 15) is 4.79 Å². The minimum Gasteiger partial charge on any atom is -0.464 e. The second kappa shape index (κ2) is 7.18. The summed E-state index contributed by atoms with van der Waals surface area (Å²) in [5.74, 6) is 3.03. The zero-order valence-electron chi connectivity index (χ0n) is 13.7. The van der Waals surface area contributed by atoms with Gasteiger partial charge in [0.1, 0.15) is 11.5 Å². The topological polar surface area (TPSA) is 45.5 Å². The van der Waals surface area contributed by atoms with Gasteiger partial charge in [-0.2, -0.15) is 0 Å². The van der Waals surface area contributed by atoms with Crippen LogP contribution in [0.4, 0.5) is 5.69 Å². The Balaban J connectivity index is 1.53. The molecule has 2 atom stereocenters. The number of amides is 1. The molecule has 128 valence electrons. The first-order valence-electron chi connectivity index (χ1n) is 7.95. The van der Waals surface area contributed by atoms with E-state index in [0.717, 1.165) is 11.5 Å². The molecule has 1 aromatic carbocycles. The average molecular weight is 367 g/mol. The van der Waals surface area contributed by atoms with E-state index >= 15 is 0 Å². The molecule has 1 N–H and O–H groups in total. The third-order valence-electron chi connectivity index (χ3n) is 4.22. The van der Waals surface area contributed by atoms with Crippen LogP contribution in [0.1, 0.15) is 30.8 Å². The average Bonchev–Trinajstić information content (AvgIpc) is 3.05. The van der Waals surface area contributed by atoms with Gasteiger partial charge in [-0.1, -0.05) is 36.2 Å². The molecule has 6 heteroatoms. The lowest BCUT2D eigenvalue weighted by Gasteiger charge is -2.16. The van der Waals surface area contributed by atoms with Crippen LogP contribution in [0, 0.1) is 5.92 Å². The fraction of sp³-hybridized carbons (Fsp3) is 0.389. The summed E-state index contributed by atoms with van der Waals surface area (Å²) >= 11 is 12.1. The van der Waals surface area contributed by atoms with Crippen LogP contribution in [-0.4, -0.2) is 24.4 Å². The highest BCUT2D eigenvalue weighted by molar-refractivity contribution is 6.39. The highest BCUT2D eigenvalue weighted by Crippen LogP contribution is 2.47. The van der Waals surface area contributed by atoms with Crippen LogP contribution in [-0.2, 0) is 11.3 Å². The molecule has 2 aromatic rings. The predicted molar refractivity (Wildman–Crippen MR) is 96.7 cm³/mol. The first-order valence-corrected chi connectivity index (χ1v) is 8.70. The van der Waals surface area contributed by atoms with E-state index < -0.39 is 0 Å². The molecule has 1 aromatic heterocycles. The second-order valence-corrected chi connectivity index (χ2v) is 7.26. The molecule has 0 spiro atoms. The van der Waals surface area contributed by atoms with Crippen LogP contribution < -0.4 is 5.32 Å². The Bertz CT molecular complexity index is 724. The molecule has 1 aliphatic carbocycles. The quantitative estimate of drug-likeness (QED) is 0.799. The van der Waals surface area contributed by atoms with Crippen LogP contribution in [0.25, 0.3) is 0 Å². The van der Waals surface area contributed by atoms with E-state index in [4.69, 9.17) is 27.6 Å². The van der Waals surface area contributed by atoms with Crippen molar-refractivity contribution in [1.82, 2.24) is 4.90 Å². The summed E-state index contributed by atoms with van der Waals surface area (Å²) in [6.45, 7) is 3.02. The summed E-state index contributed by atoms with van der Waals surface area (Å²) in [6, 6.07) is 9.15. The van der Waals surface area contributed by atoms with Gasteiger partial charge < -0.3 is 9.73 Å². The SMILES string of the molecule is C[C@@H]1C[C@@H]1c1ccc(CN(C)CC(=O)Nc2c(Cl)cccc2Cl)o1. The molecule has 1 amide bonds. The molecule has 0 saturated heterocycles. The molecule has 0 radical (unpaired) electrons. The van der Waals surface area contributed by atoms with E-state index in [-0.39, 0.29) is 12.5 Å². The van der Waals surface area contributed by atoms with Crippen molar-refractivity contribution in [3.63, 3.8) is 0 Å². The first-order chi connectivity index (χ1) is 11.4. The molecule has 1 aliphatic rings. The van der Waals surface area contributed by atoms with Crippen molar-refractivity contribution in [2.24, 2.45) is 5.92 Å². The highest BCUT2D eigenvalue weighted by Gasteiger charge is 2.36. The minimum absolute atomic E-state index is 0.171. The number of rotatable bonds is 6. The Morgan fingerprint density at radius 1 is 1.29 bits per heavy atom. The smallest absolute Gasteiger partial charge is 0.238 e. The molecule has 0 unspecified atom stereocenters. The van der Waals surface area contributed by atoms with E-state index in [1.54, 1.807) is 18.2 Å². The third-order valence-corrected chi connectivity index (χ3v) is 4.85. The number of nitrogens with zero attached hydrogens (tertiary/aromatic N) is 1. The van der Waals surface area contributed by atoms with E-state index in [0.29, 0.717) is 34.1 Å². The lowest BCUT2D eigenvalue weighted by molar-refractivity contribution is -0.117. The van der Waals surface area contributed by atoms with Gasteiger partial charge >= 0.3 is 0 Å². The molecule has 0 bridgehead atoms. The Kier molecular flexibility index (Phi) is 5.18. The fourth-order valence-corrected chi connectivity index (χ4v) is 3.25. The monoisotopic (exact) mass is 366 g/mol. The van der Waals surface area contributed by atoms with Gasteiger partial charge in [0.05, 0.1) is 28.8 Å². The number of furan rings is 1. The Labute approximate surface area is 151 Å². The summed E-state index contributed by atoms with van der Waals surface area (Å²) in [6.07, 6.45) is 1.20. The van der Waals surface area contributed by atoms with Crippen molar-refractivity contribution < 1.29 is 9.21 Å². The van der Waals surface area contributed by atoms with Crippen LogP contribution in [0.5, 0.6) is 0 Å². The Morgan fingerprint density at radius 3 is 2.58 bits per heavy atom. The lowest BCUT2D eigenvalue weighted by Crippen LogP contribution is -2.29. The van der Waals surface area contributed by atoms with Gasteiger partial charge in [-0.3, -0.25) is 9.69 Å². The van der Waals surface area contributed by atoms with Crippen LogP contribution >= 0.6 is 23.2 Å². The molecule has 0 aliphatic heterocycles. The van der Waals surface area contributed by atoms with Gasteiger partial charge in [-0.15, -0.1) is 0 Å². The van der Waals surface area contributed by atoms with Crippen molar-refractivity contribution in [1.29, 1.82) is 0 Å². The molecule has 1 fully saturated rings. The summed E-state index contributed by atoms with van der Waals surface area (Å²) in [5.41, 5.74) is 0.447. The van der Waals surface area contributed by atoms with Gasteiger partial charge in [-0.25, -0.2) is 0 Å². The number of hydrogen-bond acceptors (Lipinski definition) is 3. The zero-order valence-corrected chi connectivity index (χ0v) is 15.2. The van der Waals surface area contributed by atoms with Crippen LogP contribution in [0.3, 0.4) is 0 Å². The molecule has 1 heterocycles. The van der Waals surface area contributed by atoms with Gasteiger partial charge in [-0.05, 0) is 43.7 Å². The number of likely N-dealkylation sites (N-methyl/N-ethyl adjacent to an activating group) is 1. The molecule has 3 rings (SSSR count). The first kappa shape index (κ1) is 17.3. The maximum atomic E-state index is 12.2. The van der Waals surface area contributed by atoms with Crippen molar-refractivity contribution in [2.45, 2.75) is 25.8 Å². The maximum Gasteiger partial charge on any atom is 0.238 e. The van der Waals surface area contributed by atoms with Crippen LogP contribution in [0.15, 0.2) is 34.7 Å². The standard InChI is InChI=1S/C18H20Cl2N2O2/c1-11-8-13(11)16-7-6-12(24-16)9-22(2)10-17(23)21-18-14(19)4-3-5-15(18)20/h3-7,11,13H,8-10H2,1-2H3,(H,21,23)/t11-,13+/m1/s1. The van der Waals surface area contributed by atoms with E-state index in [2.05, 4.69) is 12.2 Å². The number of nitrogens with one attached hydrogen (secondary N) is 1. The van der Waals surface area contributed by atoms with Gasteiger partial charge in [0.2, 0.25) is 5.91 Å². The largest absolute Gasteiger partial charge is 0.464 e. The molecular weight excluding hydrogens is 347 g/mol. The Hall–Kier alpha value is -1.49. The summed E-state index contributed by atoms with van der Waals surface area (Å²) < 4.78 is 5.87. The minimum atomic E-state index is -0.171. The van der Waals surface area contributed by atoms with Crippen LogP contribution in [0.2, 0.25) is 10.0 Å². The number of benzene rings is 1. The maximum absolute atomic E-state index is 12.2. The molecule has 1 saturated carbocycles. The number of anilines is 1. The number of para-hydroxylation sites is 1.